The van der Waals surface area contributed by atoms with E-state index in [4.69, 9.17) is 9.15 Å². The molecule has 0 N–H and O–H groups in total. The highest BCUT2D eigenvalue weighted by Crippen LogP contribution is 2.35. The molecule has 2 fully saturated rings. The number of likely N-dealkylation sites (tertiary alicyclic amines) is 1. The normalized spacial score (nSPS) is 25.5. The third-order valence-corrected chi connectivity index (χ3v) is 5.52. The second-order valence-electron chi connectivity index (χ2n) is 7.35. The van der Waals surface area contributed by atoms with Crippen molar-refractivity contribution in [3.63, 3.8) is 0 Å². The van der Waals surface area contributed by atoms with Crippen LogP contribution in [0.25, 0.3) is 0 Å². The summed E-state index contributed by atoms with van der Waals surface area (Å²) in [5, 5.41) is 0. The van der Waals surface area contributed by atoms with Crippen molar-refractivity contribution in [2.75, 3.05) is 33.3 Å². The van der Waals surface area contributed by atoms with Crippen LogP contribution in [0, 0.1) is 11.8 Å². The highest BCUT2D eigenvalue weighted by molar-refractivity contribution is 5.94. The van der Waals surface area contributed by atoms with E-state index < -0.39 is 0 Å². The van der Waals surface area contributed by atoms with Crippen molar-refractivity contribution < 1.29 is 13.9 Å². The van der Waals surface area contributed by atoms with Gasteiger partial charge in [-0.15, -0.1) is 0 Å². The van der Waals surface area contributed by atoms with E-state index in [9.17, 15) is 4.79 Å². The molecule has 2 aliphatic rings. The van der Waals surface area contributed by atoms with Crippen molar-refractivity contribution in [1.29, 1.82) is 0 Å². The van der Waals surface area contributed by atoms with Gasteiger partial charge in [0.15, 0.2) is 0 Å². The Hall–Kier alpha value is -2.18. The van der Waals surface area contributed by atoms with Gasteiger partial charge in [-0.2, -0.15) is 0 Å². The summed E-state index contributed by atoms with van der Waals surface area (Å²) >= 11 is 0. The highest BCUT2D eigenvalue weighted by atomic mass is 16.5. The van der Waals surface area contributed by atoms with Crippen LogP contribution in [0.5, 0.6) is 0 Å². The Labute approximate surface area is 153 Å². The molecule has 138 valence electrons. The molecule has 6 heteroatoms. The zero-order valence-corrected chi connectivity index (χ0v) is 15.1. The summed E-state index contributed by atoms with van der Waals surface area (Å²) < 4.78 is 11.5. The zero-order chi connectivity index (χ0) is 17.9. The number of amides is 1. The van der Waals surface area contributed by atoms with E-state index in [-0.39, 0.29) is 12.0 Å². The number of rotatable bonds is 5. The van der Waals surface area contributed by atoms with Crippen molar-refractivity contribution >= 4 is 5.91 Å². The van der Waals surface area contributed by atoms with Gasteiger partial charge in [-0.05, 0) is 43.7 Å². The Morgan fingerprint density at radius 3 is 2.96 bits per heavy atom. The molecule has 4 heterocycles. The van der Waals surface area contributed by atoms with Crippen molar-refractivity contribution in [1.82, 2.24) is 14.8 Å². The maximum absolute atomic E-state index is 12.8. The standard InChI is InChI=1S/C20H25N3O3/c1-22(11-17-3-2-10-25-17)13-19-18-12-23(9-6-16(18)14-26-19)20(24)15-4-7-21-8-5-15/h2-5,7-8,10,16,18-19H,6,9,11-14H2,1H3/t16-,18-,19+/m0/s1. The fraction of sp³-hybridized carbons (Fsp3) is 0.500. The third-order valence-electron chi connectivity index (χ3n) is 5.52. The number of aromatic nitrogens is 1. The predicted octanol–water partition coefficient (Wildman–Crippen LogP) is 2.28. The lowest BCUT2D eigenvalue weighted by Crippen LogP contribution is -2.47. The summed E-state index contributed by atoms with van der Waals surface area (Å²) in [4.78, 5) is 21.0. The Bertz CT molecular complexity index is 719. The Balaban J connectivity index is 1.38. The molecule has 2 saturated heterocycles. The van der Waals surface area contributed by atoms with Crippen LogP contribution < -0.4 is 0 Å². The molecule has 0 bridgehead atoms. The van der Waals surface area contributed by atoms with Crippen LogP contribution in [0.4, 0.5) is 0 Å². The lowest BCUT2D eigenvalue weighted by molar-refractivity contribution is 0.0419. The highest BCUT2D eigenvalue weighted by Gasteiger charge is 2.42. The molecule has 0 aliphatic carbocycles. The Morgan fingerprint density at radius 1 is 1.35 bits per heavy atom. The van der Waals surface area contributed by atoms with Gasteiger partial charge in [-0.25, -0.2) is 0 Å². The fourth-order valence-electron chi connectivity index (χ4n) is 4.12. The van der Waals surface area contributed by atoms with Gasteiger partial charge in [-0.1, -0.05) is 0 Å². The van der Waals surface area contributed by atoms with Gasteiger partial charge in [0.2, 0.25) is 0 Å². The summed E-state index contributed by atoms with van der Waals surface area (Å²) in [5.74, 6) is 2.01. The second kappa shape index (κ2) is 7.60. The van der Waals surface area contributed by atoms with Gasteiger partial charge in [0, 0.05) is 43.5 Å². The number of pyridine rings is 1. The number of likely N-dealkylation sites (N-methyl/N-ethyl adjacent to an activating group) is 1. The van der Waals surface area contributed by atoms with Gasteiger partial charge in [-0.3, -0.25) is 14.7 Å². The molecule has 26 heavy (non-hydrogen) atoms. The molecule has 6 nitrogen and oxygen atoms in total. The molecule has 0 radical (unpaired) electrons. The number of fused-ring (bicyclic) bond motifs is 1. The molecule has 0 unspecified atom stereocenters. The molecular weight excluding hydrogens is 330 g/mol. The molecule has 4 rings (SSSR count). The van der Waals surface area contributed by atoms with Crippen molar-refractivity contribution in [2.24, 2.45) is 11.8 Å². The first kappa shape index (κ1) is 17.2. The summed E-state index contributed by atoms with van der Waals surface area (Å²) in [6.45, 7) is 4.00. The Kier molecular flexibility index (Phi) is 5.04. The molecule has 0 aromatic carbocycles. The number of nitrogens with zero attached hydrogens (tertiary/aromatic N) is 3. The van der Waals surface area contributed by atoms with Gasteiger partial charge in [0.05, 0.1) is 25.5 Å². The van der Waals surface area contributed by atoms with Gasteiger partial charge < -0.3 is 14.1 Å². The van der Waals surface area contributed by atoms with Crippen LogP contribution in [0.1, 0.15) is 22.5 Å². The number of carbonyl (C=O) groups is 1. The van der Waals surface area contributed by atoms with E-state index in [0.29, 0.717) is 17.4 Å². The monoisotopic (exact) mass is 355 g/mol. The lowest BCUT2D eigenvalue weighted by atomic mass is 9.84. The summed E-state index contributed by atoms with van der Waals surface area (Å²) in [6.07, 6.45) is 6.22. The van der Waals surface area contributed by atoms with E-state index in [1.807, 2.05) is 17.0 Å². The van der Waals surface area contributed by atoms with E-state index in [0.717, 1.165) is 45.0 Å². The maximum atomic E-state index is 12.8. The quantitative estimate of drug-likeness (QED) is 0.824. The minimum atomic E-state index is 0.0976. The molecule has 3 atom stereocenters. The molecule has 2 aromatic rings. The summed E-state index contributed by atoms with van der Waals surface area (Å²) in [6, 6.07) is 7.47. The van der Waals surface area contributed by atoms with Crippen LogP contribution in [0.3, 0.4) is 0 Å². The number of carbonyl (C=O) groups excluding carboxylic acids is 1. The average molecular weight is 355 g/mol. The second-order valence-corrected chi connectivity index (χ2v) is 7.35. The number of ether oxygens (including phenoxy) is 1. The first-order chi connectivity index (χ1) is 12.7. The fourth-order valence-corrected chi connectivity index (χ4v) is 4.12. The maximum Gasteiger partial charge on any atom is 0.253 e. The van der Waals surface area contributed by atoms with Gasteiger partial charge in [0.25, 0.3) is 5.91 Å². The number of hydrogen-bond donors (Lipinski definition) is 0. The smallest absolute Gasteiger partial charge is 0.253 e. The molecular formula is C20H25N3O3. The number of furan rings is 1. The molecule has 0 saturated carbocycles. The van der Waals surface area contributed by atoms with Crippen LogP contribution >= 0.6 is 0 Å². The minimum absolute atomic E-state index is 0.0976. The summed E-state index contributed by atoms with van der Waals surface area (Å²) in [5.41, 5.74) is 0.712. The van der Waals surface area contributed by atoms with E-state index in [1.165, 1.54) is 0 Å². The first-order valence-electron chi connectivity index (χ1n) is 9.22. The third kappa shape index (κ3) is 3.66. The van der Waals surface area contributed by atoms with Crippen molar-refractivity contribution in [2.45, 2.75) is 19.1 Å². The number of hydrogen-bond acceptors (Lipinski definition) is 5. The van der Waals surface area contributed by atoms with Crippen molar-refractivity contribution in [3.05, 3.63) is 54.2 Å². The van der Waals surface area contributed by atoms with Crippen LogP contribution in [-0.2, 0) is 11.3 Å². The van der Waals surface area contributed by atoms with E-state index in [1.54, 1.807) is 30.8 Å². The van der Waals surface area contributed by atoms with Crippen molar-refractivity contribution in [3.8, 4) is 0 Å². The van der Waals surface area contributed by atoms with Crippen LogP contribution in [-0.4, -0.2) is 60.1 Å². The van der Waals surface area contributed by atoms with Crippen LogP contribution in [0.15, 0.2) is 47.3 Å². The predicted molar refractivity (Wildman–Crippen MR) is 96.5 cm³/mol. The molecule has 1 amide bonds. The van der Waals surface area contributed by atoms with Gasteiger partial charge in [0.1, 0.15) is 5.76 Å². The van der Waals surface area contributed by atoms with Gasteiger partial charge >= 0.3 is 0 Å². The zero-order valence-electron chi connectivity index (χ0n) is 15.1. The van der Waals surface area contributed by atoms with Crippen LogP contribution in [0.2, 0.25) is 0 Å². The van der Waals surface area contributed by atoms with E-state index >= 15 is 0 Å². The molecule has 2 aromatic heterocycles. The molecule has 0 spiro atoms. The van der Waals surface area contributed by atoms with E-state index in [2.05, 4.69) is 16.9 Å². The summed E-state index contributed by atoms with van der Waals surface area (Å²) in [7, 11) is 2.09. The SMILES string of the molecule is CN(Cc1ccco1)C[C@H]1OC[C@@H]2CCN(C(=O)c3ccncc3)C[C@@H]21. The molecule has 2 aliphatic heterocycles. The largest absolute Gasteiger partial charge is 0.468 e. The average Bonchev–Trinajstić information content (AvgIpc) is 3.31. The minimum Gasteiger partial charge on any atom is -0.468 e. The first-order valence-corrected chi connectivity index (χ1v) is 9.22. The number of piperidine rings is 1. The lowest BCUT2D eigenvalue weighted by Gasteiger charge is -2.36. The topological polar surface area (TPSA) is 58.8 Å². The Morgan fingerprint density at radius 2 is 2.19 bits per heavy atom.